The topological polar surface area (TPSA) is 55.6 Å². The van der Waals surface area contributed by atoms with Crippen LogP contribution in [0, 0.1) is 13.8 Å². The van der Waals surface area contributed by atoms with Crippen molar-refractivity contribution in [2.75, 3.05) is 6.54 Å². The highest BCUT2D eigenvalue weighted by atomic mass is 15.4. The predicted octanol–water partition coefficient (Wildman–Crippen LogP) is 2.34. The van der Waals surface area contributed by atoms with Crippen molar-refractivity contribution in [3.8, 4) is 5.82 Å². The van der Waals surface area contributed by atoms with E-state index in [0.717, 1.165) is 30.4 Å². The van der Waals surface area contributed by atoms with E-state index < -0.39 is 0 Å². The lowest BCUT2D eigenvalue weighted by Gasteiger charge is -2.13. The van der Waals surface area contributed by atoms with E-state index in [1.807, 2.05) is 26.1 Å². The summed E-state index contributed by atoms with van der Waals surface area (Å²) in [5, 5.41) is 7.78. The zero-order valence-electron chi connectivity index (χ0n) is 12.0. The van der Waals surface area contributed by atoms with Gasteiger partial charge in [0.2, 0.25) is 0 Å². The van der Waals surface area contributed by atoms with Crippen LogP contribution >= 0.6 is 0 Å². The van der Waals surface area contributed by atoms with Gasteiger partial charge in [-0.3, -0.25) is 0 Å². The zero-order chi connectivity index (χ0) is 13.8. The molecule has 0 saturated heterocycles. The Labute approximate surface area is 114 Å². The van der Waals surface area contributed by atoms with Crippen LogP contribution in [0.4, 0.5) is 0 Å². The van der Waals surface area contributed by atoms with Crippen molar-refractivity contribution in [2.24, 2.45) is 0 Å². The van der Waals surface area contributed by atoms with Crippen LogP contribution in [-0.4, -0.2) is 26.3 Å². The monoisotopic (exact) mass is 259 g/mol. The summed E-state index contributed by atoms with van der Waals surface area (Å²) < 4.78 is 1.77. The summed E-state index contributed by atoms with van der Waals surface area (Å²) in [6.07, 6.45) is 3.03. The molecule has 0 spiro atoms. The van der Waals surface area contributed by atoms with Crippen molar-refractivity contribution >= 4 is 0 Å². The summed E-state index contributed by atoms with van der Waals surface area (Å²) in [7, 11) is 0. The largest absolute Gasteiger partial charge is 0.310 e. The molecule has 19 heavy (non-hydrogen) atoms. The van der Waals surface area contributed by atoms with E-state index >= 15 is 0 Å². The fourth-order valence-electron chi connectivity index (χ4n) is 2.00. The normalized spacial score (nSPS) is 12.6. The lowest BCUT2D eigenvalue weighted by atomic mass is 10.1. The second-order valence-electron chi connectivity index (χ2n) is 4.74. The number of aryl methyl sites for hydroxylation is 2. The standard InChI is InChI=1S/C14H21N5/c1-5-8-15-10(2)13-6-7-14(16-9-13)19-12(4)17-11(3)18-19/h6-7,9-10,15H,5,8H2,1-4H3. The molecule has 0 bridgehead atoms. The van der Waals surface area contributed by atoms with Gasteiger partial charge in [-0.25, -0.2) is 9.97 Å². The summed E-state index contributed by atoms with van der Waals surface area (Å²) in [5.74, 6) is 2.43. The van der Waals surface area contributed by atoms with Gasteiger partial charge in [-0.15, -0.1) is 5.10 Å². The average molecular weight is 259 g/mol. The number of hydrogen-bond donors (Lipinski definition) is 1. The summed E-state index contributed by atoms with van der Waals surface area (Å²) >= 11 is 0. The third-order valence-electron chi connectivity index (χ3n) is 3.06. The molecule has 0 fully saturated rings. The maximum Gasteiger partial charge on any atom is 0.155 e. The molecule has 5 nitrogen and oxygen atoms in total. The molecule has 2 aromatic rings. The number of rotatable bonds is 5. The second kappa shape index (κ2) is 5.93. The Bertz CT molecular complexity index is 529. The van der Waals surface area contributed by atoms with Gasteiger partial charge in [0.05, 0.1) is 0 Å². The molecule has 0 aliphatic rings. The van der Waals surface area contributed by atoms with Crippen molar-refractivity contribution in [1.82, 2.24) is 25.1 Å². The molecule has 1 atom stereocenters. The fraction of sp³-hybridized carbons (Fsp3) is 0.500. The molecular weight excluding hydrogens is 238 g/mol. The fourth-order valence-corrected chi connectivity index (χ4v) is 2.00. The van der Waals surface area contributed by atoms with Crippen molar-refractivity contribution in [3.05, 3.63) is 35.5 Å². The van der Waals surface area contributed by atoms with Crippen LogP contribution < -0.4 is 5.32 Å². The van der Waals surface area contributed by atoms with Gasteiger partial charge < -0.3 is 5.32 Å². The van der Waals surface area contributed by atoms with Crippen LogP contribution in [0.25, 0.3) is 5.82 Å². The molecule has 0 saturated carbocycles. The molecule has 1 N–H and O–H groups in total. The van der Waals surface area contributed by atoms with Crippen LogP contribution in [0.3, 0.4) is 0 Å². The van der Waals surface area contributed by atoms with Crippen molar-refractivity contribution < 1.29 is 0 Å². The Balaban J connectivity index is 2.16. The Morgan fingerprint density at radius 2 is 2.11 bits per heavy atom. The Hall–Kier alpha value is -1.75. The van der Waals surface area contributed by atoms with E-state index in [9.17, 15) is 0 Å². The molecule has 0 amide bonds. The number of hydrogen-bond acceptors (Lipinski definition) is 4. The molecule has 0 aromatic carbocycles. The smallest absolute Gasteiger partial charge is 0.155 e. The van der Waals surface area contributed by atoms with E-state index in [2.05, 4.69) is 40.3 Å². The quantitative estimate of drug-likeness (QED) is 0.895. The number of nitrogens with zero attached hydrogens (tertiary/aromatic N) is 4. The number of nitrogens with one attached hydrogen (secondary N) is 1. The molecule has 0 aliphatic carbocycles. The van der Waals surface area contributed by atoms with Crippen LogP contribution in [0.1, 0.15) is 43.5 Å². The number of aromatic nitrogens is 4. The summed E-state index contributed by atoms with van der Waals surface area (Å²) in [6.45, 7) is 9.15. The zero-order valence-corrected chi connectivity index (χ0v) is 12.0. The molecular formula is C14H21N5. The van der Waals surface area contributed by atoms with E-state index in [0.29, 0.717) is 6.04 Å². The minimum absolute atomic E-state index is 0.320. The van der Waals surface area contributed by atoms with Gasteiger partial charge in [-0.05, 0) is 45.4 Å². The maximum atomic E-state index is 4.47. The minimum Gasteiger partial charge on any atom is -0.310 e. The maximum absolute atomic E-state index is 4.47. The van der Waals surface area contributed by atoms with Crippen LogP contribution in [0.5, 0.6) is 0 Å². The minimum atomic E-state index is 0.320. The van der Waals surface area contributed by atoms with Gasteiger partial charge in [0.1, 0.15) is 11.6 Å². The van der Waals surface area contributed by atoms with Crippen LogP contribution in [0.2, 0.25) is 0 Å². The predicted molar refractivity (Wildman–Crippen MR) is 75.3 cm³/mol. The second-order valence-corrected chi connectivity index (χ2v) is 4.74. The lowest BCUT2D eigenvalue weighted by Crippen LogP contribution is -2.19. The first-order valence-electron chi connectivity index (χ1n) is 6.71. The van der Waals surface area contributed by atoms with Crippen LogP contribution in [-0.2, 0) is 0 Å². The van der Waals surface area contributed by atoms with Crippen LogP contribution in [0.15, 0.2) is 18.3 Å². The van der Waals surface area contributed by atoms with E-state index in [4.69, 9.17) is 0 Å². The Kier molecular flexibility index (Phi) is 4.27. The van der Waals surface area contributed by atoms with Gasteiger partial charge in [0.15, 0.2) is 5.82 Å². The van der Waals surface area contributed by atoms with Crippen molar-refractivity contribution in [2.45, 2.75) is 40.2 Å². The van der Waals surface area contributed by atoms with E-state index in [1.54, 1.807) is 4.68 Å². The molecule has 2 rings (SSSR count). The Morgan fingerprint density at radius 3 is 2.63 bits per heavy atom. The highest BCUT2D eigenvalue weighted by Crippen LogP contribution is 2.13. The SMILES string of the molecule is CCCNC(C)c1ccc(-n2nc(C)nc2C)nc1. The van der Waals surface area contributed by atoms with Gasteiger partial charge in [0, 0.05) is 12.2 Å². The average Bonchev–Trinajstić information content (AvgIpc) is 2.75. The molecule has 0 aliphatic heterocycles. The Morgan fingerprint density at radius 1 is 1.32 bits per heavy atom. The number of pyridine rings is 1. The van der Waals surface area contributed by atoms with E-state index in [-0.39, 0.29) is 0 Å². The van der Waals surface area contributed by atoms with Crippen molar-refractivity contribution in [1.29, 1.82) is 0 Å². The highest BCUT2D eigenvalue weighted by Gasteiger charge is 2.08. The summed E-state index contributed by atoms with van der Waals surface area (Å²) in [4.78, 5) is 8.76. The summed E-state index contributed by atoms with van der Waals surface area (Å²) in [5.41, 5.74) is 1.19. The van der Waals surface area contributed by atoms with Crippen molar-refractivity contribution in [3.63, 3.8) is 0 Å². The molecule has 5 heteroatoms. The van der Waals surface area contributed by atoms with E-state index in [1.165, 1.54) is 5.56 Å². The highest BCUT2D eigenvalue weighted by molar-refractivity contribution is 5.26. The first-order valence-corrected chi connectivity index (χ1v) is 6.71. The third-order valence-corrected chi connectivity index (χ3v) is 3.06. The first kappa shape index (κ1) is 13.7. The molecule has 1 unspecified atom stereocenters. The summed E-state index contributed by atoms with van der Waals surface area (Å²) in [6, 6.07) is 4.40. The molecule has 2 aromatic heterocycles. The van der Waals surface area contributed by atoms with Gasteiger partial charge in [-0.2, -0.15) is 4.68 Å². The molecule has 0 radical (unpaired) electrons. The molecule has 2 heterocycles. The van der Waals surface area contributed by atoms with Gasteiger partial charge in [0.25, 0.3) is 0 Å². The lowest BCUT2D eigenvalue weighted by molar-refractivity contribution is 0.569. The van der Waals surface area contributed by atoms with Gasteiger partial charge in [-0.1, -0.05) is 13.0 Å². The molecule has 102 valence electrons. The van der Waals surface area contributed by atoms with Gasteiger partial charge >= 0.3 is 0 Å². The first-order chi connectivity index (χ1) is 9.11. The third kappa shape index (κ3) is 3.17.